The molecule has 1 aliphatic rings. The molecule has 0 aromatic rings. The summed E-state index contributed by atoms with van der Waals surface area (Å²) in [4.78, 5) is 0. The lowest BCUT2D eigenvalue weighted by molar-refractivity contribution is -0.137. The van der Waals surface area contributed by atoms with Gasteiger partial charge >= 0.3 is 0 Å². The zero-order chi connectivity index (χ0) is 10.4. The summed E-state index contributed by atoms with van der Waals surface area (Å²) >= 11 is 0. The molecular formula is C10H23NO2Si. The van der Waals surface area contributed by atoms with Crippen LogP contribution in [0, 0.1) is 0 Å². The highest BCUT2D eigenvalue weighted by atomic mass is 28.2. The number of hydrogen-bond acceptors (Lipinski definition) is 3. The first-order valence-electron chi connectivity index (χ1n) is 5.56. The SMILES string of the molecule is COC(CN)(OC)[SiH2]C1CCCCC1. The molecule has 1 fully saturated rings. The van der Waals surface area contributed by atoms with Crippen molar-refractivity contribution in [3.05, 3.63) is 0 Å². The Bertz CT molecular complexity index is 148. The monoisotopic (exact) mass is 217 g/mol. The van der Waals surface area contributed by atoms with Crippen molar-refractivity contribution in [2.45, 2.75) is 43.1 Å². The molecule has 0 saturated heterocycles. The second kappa shape index (κ2) is 5.85. The second-order valence-electron chi connectivity index (χ2n) is 4.23. The minimum absolute atomic E-state index is 0.397. The first-order chi connectivity index (χ1) is 6.76. The average molecular weight is 217 g/mol. The molecule has 0 heterocycles. The molecule has 0 unspecified atom stereocenters. The van der Waals surface area contributed by atoms with E-state index < -0.39 is 14.9 Å². The summed E-state index contributed by atoms with van der Waals surface area (Å²) in [7, 11) is 3.03. The van der Waals surface area contributed by atoms with Crippen molar-refractivity contribution in [2.75, 3.05) is 20.8 Å². The summed E-state index contributed by atoms with van der Waals surface area (Å²) in [5, 5.41) is 0. The highest BCUT2D eigenvalue weighted by Gasteiger charge is 2.32. The van der Waals surface area contributed by atoms with Gasteiger partial charge in [-0.05, 0) is 5.54 Å². The summed E-state index contributed by atoms with van der Waals surface area (Å²) in [6.45, 7) is 0.503. The molecule has 0 spiro atoms. The average Bonchev–Trinajstić information content (AvgIpc) is 2.28. The lowest BCUT2D eigenvalue weighted by Gasteiger charge is -2.34. The first-order valence-corrected chi connectivity index (χ1v) is 7.09. The van der Waals surface area contributed by atoms with Crippen molar-refractivity contribution < 1.29 is 9.47 Å². The predicted octanol–water partition coefficient (Wildman–Crippen LogP) is 0.813. The molecule has 1 aliphatic carbocycles. The Balaban J connectivity index is 2.44. The van der Waals surface area contributed by atoms with Gasteiger partial charge < -0.3 is 15.2 Å². The van der Waals surface area contributed by atoms with Crippen molar-refractivity contribution in [1.82, 2.24) is 0 Å². The zero-order valence-corrected chi connectivity index (χ0v) is 10.8. The number of nitrogens with two attached hydrogens (primary N) is 1. The van der Waals surface area contributed by atoms with Crippen LogP contribution in [0.25, 0.3) is 0 Å². The van der Waals surface area contributed by atoms with Crippen LogP contribution in [0.5, 0.6) is 0 Å². The zero-order valence-electron chi connectivity index (χ0n) is 9.42. The van der Waals surface area contributed by atoms with Crippen LogP contribution >= 0.6 is 0 Å². The molecule has 1 saturated carbocycles. The van der Waals surface area contributed by atoms with Crippen LogP contribution in [-0.4, -0.2) is 35.7 Å². The van der Waals surface area contributed by atoms with Gasteiger partial charge in [0.25, 0.3) is 0 Å². The van der Waals surface area contributed by atoms with Gasteiger partial charge in [-0.3, -0.25) is 0 Å². The summed E-state index contributed by atoms with van der Waals surface area (Å²) in [6.07, 6.45) is 6.89. The summed E-state index contributed by atoms with van der Waals surface area (Å²) in [5.41, 5.74) is 6.20. The molecule has 0 amide bonds. The van der Waals surface area contributed by atoms with E-state index >= 15 is 0 Å². The molecule has 0 aromatic heterocycles. The van der Waals surface area contributed by atoms with Crippen LogP contribution in [0.15, 0.2) is 0 Å². The maximum atomic E-state index is 5.73. The van der Waals surface area contributed by atoms with Crippen molar-refractivity contribution in [3.63, 3.8) is 0 Å². The smallest absolute Gasteiger partial charge is 0.156 e. The van der Waals surface area contributed by atoms with Gasteiger partial charge in [0.2, 0.25) is 0 Å². The van der Waals surface area contributed by atoms with E-state index in [1.165, 1.54) is 32.1 Å². The normalized spacial score (nSPS) is 20.8. The summed E-state index contributed by atoms with van der Waals surface area (Å²) in [6, 6.07) is 0. The Labute approximate surface area is 89.2 Å². The highest BCUT2D eigenvalue weighted by molar-refractivity contribution is 6.41. The Morgan fingerprint density at radius 1 is 1.21 bits per heavy atom. The molecule has 0 aliphatic heterocycles. The van der Waals surface area contributed by atoms with E-state index in [1.807, 2.05) is 0 Å². The molecule has 3 nitrogen and oxygen atoms in total. The third kappa shape index (κ3) is 3.05. The fourth-order valence-electron chi connectivity index (χ4n) is 2.33. The van der Waals surface area contributed by atoms with E-state index in [0.29, 0.717) is 6.54 Å². The van der Waals surface area contributed by atoms with Gasteiger partial charge in [0, 0.05) is 20.8 Å². The van der Waals surface area contributed by atoms with Crippen molar-refractivity contribution in [1.29, 1.82) is 0 Å². The minimum Gasteiger partial charge on any atom is -0.356 e. The summed E-state index contributed by atoms with van der Waals surface area (Å²) in [5.74, 6) is 0. The molecule has 84 valence electrons. The van der Waals surface area contributed by atoms with Gasteiger partial charge in [0.05, 0.1) is 9.52 Å². The predicted molar refractivity (Wildman–Crippen MR) is 61.2 cm³/mol. The first kappa shape index (κ1) is 12.2. The van der Waals surface area contributed by atoms with Crippen LogP contribution in [-0.2, 0) is 9.47 Å². The van der Waals surface area contributed by atoms with E-state index in [4.69, 9.17) is 15.2 Å². The van der Waals surface area contributed by atoms with Gasteiger partial charge in [-0.15, -0.1) is 0 Å². The molecule has 1 rings (SSSR count). The number of methoxy groups -OCH3 is 2. The second-order valence-corrected chi connectivity index (χ2v) is 6.87. The molecule has 2 N–H and O–H groups in total. The third-order valence-corrected chi connectivity index (χ3v) is 6.26. The Kier molecular flexibility index (Phi) is 5.09. The minimum atomic E-state index is -0.401. The third-order valence-electron chi connectivity index (χ3n) is 3.38. The Morgan fingerprint density at radius 2 is 1.79 bits per heavy atom. The van der Waals surface area contributed by atoms with Gasteiger partial charge in [-0.1, -0.05) is 32.1 Å². The van der Waals surface area contributed by atoms with E-state index in [0.717, 1.165) is 5.54 Å². The van der Waals surface area contributed by atoms with Gasteiger partial charge in [0.15, 0.2) is 5.41 Å². The lowest BCUT2D eigenvalue weighted by atomic mass is 10.0. The fourth-order valence-corrected chi connectivity index (χ4v) is 4.70. The van der Waals surface area contributed by atoms with E-state index in [9.17, 15) is 0 Å². The van der Waals surface area contributed by atoms with Crippen LogP contribution in [0.3, 0.4) is 0 Å². The number of hydrogen-bond donors (Lipinski definition) is 1. The molecule has 14 heavy (non-hydrogen) atoms. The van der Waals surface area contributed by atoms with E-state index in [1.54, 1.807) is 14.2 Å². The van der Waals surface area contributed by atoms with Crippen molar-refractivity contribution in [2.24, 2.45) is 5.73 Å². The maximum absolute atomic E-state index is 5.73. The molecular weight excluding hydrogens is 194 g/mol. The van der Waals surface area contributed by atoms with Gasteiger partial charge in [-0.25, -0.2) is 0 Å². The van der Waals surface area contributed by atoms with Crippen LogP contribution in [0.4, 0.5) is 0 Å². The largest absolute Gasteiger partial charge is 0.356 e. The van der Waals surface area contributed by atoms with Crippen LogP contribution in [0.2, 0.25) is 5.54 Å². The lowest BCUT2D eigenvalue weighted by Crippen LogP contribution is -2.49. The fraction of sp³-hybridized carbons (Fsp3) is 1.00. The topological polar surface area (TPSA) is 44.5 Å². The highest BCUT2D eigenvalue weighted by Crippen LogP contribution is 2.30. The van der Waals surface area contributed by atoms with Crippen molar-refractivity contribution in [3.8, 4) is 0 Å². The van der Waals surface area contributed by atoms with Gasteiger partial charge in [-0.2, -0.15) is 0 Å². The Morgan fingerprint density at radius 3 is 2.21 bits per heavy atom. The molecule has 0 radical (unpaired) electrons. The summed E-state index contributed by atoms with van der Waals surface area (Å²) < 4.78 is 10.9. The maximum Gasteiger partial charge on any atom is 0.156 e. The van der Waals surface area contributed by atoms with E-state index in [-0.39, 0.29) is 0 Å². The molecule has 4 heteroatoms. The number of rotatable bonds is 5. The van der Waals surface area contributed by atoms with Gasteiger partial charge in [0.1, 0.15) is 0 Å². The molecule has 0 aromatic carbocycles. The Hall–Kier alpha value is 0.0969. The van der Waals surface area contributed by atoms with Crippen molar-refractivity contribution >= 4 is 9.52 Å². The number of ether oxygens (including phenoxy) is 2. The quantitative estimate of drug-likeness (QED) is 0.547. The van der Waals surface area contributed by atoms with Crippen LogP contribution in [0.1, 0.15) is 32.1 Å². The van der Waals surface area contributed by atoms with Crippen LogP contribution < -0.4 is 5.73 Å². The standard InChI is InChI=1S/C10H23NO2Si/c1-12-10(8-11,13-2)14-9-6-4-3-5-7-9/h9H,3-8,11,14H2,1-2H3. The van der Waals surface area contributed by atoms with E-state index in [2.05, 4.69) is 0 Å². The molecule has 0 bridgehead atoms. The molecule has 0 atom stereocenters.